The Hall–Kier alpha value is -5.80. The molecule has 0 unspecified atom stereocenters. The highest BCUT2D eigenvalue weighted by Crippen LogP contribution is 2.20. The quantitative estimate of drug-likeness (QED) is 0.0393. The van der Waals surface area contributed by atoms with Crippen LogP contribution >= 0.6 is 0 Å². The van der Waals surface area contributed by atoms with Crippen LogP contribution in [0.25, 0.3) is 10.8 Å². The number of ketones is 1. The van der Waals surface area contributed by atoms with Crippen LogP contribution in [0.15, 0.2) is 102 Å². The molecule has 0 radical (unpaired) electrons. The Morgan fingerprint density at radius 3 is 1.96 bits per heavy atom. The van der Waals surface area contributed by atoms with Gasteiger partial charge in [-0.3, -0.25) is 24.2 Å². The number of primary amides is 1. The predicted molar refractivity (Wildman–Crippen MR) is 208 cm³/mol. The molecule has 0 aromatic heterocycles. The number of nitrogens with one attached hydrogen (secondary N) is 3. The van der Waals surface area contributed by atoms with Crippen molar-refractivity contribution in [3.63, 3.8) is 0 Å². The first kappa shape index (κ1) is 41.0. The highest BCUT2D eigenvalue weighted by molar-refractivity contribution is 7.90. The Balaban J connectivity index is 1.60. The Bertz CT molecular complexity index is 2050. The van der Waals surface area contributed by atoms with E-state index in [2.05, 4.69) is 20.3 Å². The van der Waals surface area contributed by atoms with Crippen molar-refractivity contribution in [2.75, 3.05) is 6.54 Å². The van der Waals surface area contributed by atoms with Crippen molar-refractivity contribution in [2.45, 2.75) is 68.8 Å². The Labute approximate surface area is 314 Å². The summed E-state index contributed by atoms with van der Waals surface area (Å²) < 4.78 is 30.6. The number of phenolic OH excluding ortho intramolecular Hbond substituents is 1. The molecule has 0 aliphatic heterocycles. The minimum atomic E-state index is -4.41. The van der Waals surface area contributed by atoms with Crippen molar-refractivity contribution in [1.82, 2.24) is 15.4 Å². The molecular weight excluding hydrogens is 711 g/mol. The van der Waals surface area contributed by atoms with Crippen molar-refractivity contribution in [1.29, 1.82) is 0 Å². The molecule has 0 fully saturated rings. The smallest absolute Gasteiger partial charge is 0.243 e. The number of benzene rings is 4. The summed E-state index contributed by atoms with van der Waals surface area (Å²) >= 11 is 0. The van der Waals surface area contributed by atoms with Crippen molar-refractivity contribution in [3.8, 4) is 5.75 Å². The number of fused-ring (bicyclic) bond motifs is 1. The lowest BCUT2D eigenvalue weighted by atomic mass is 9.97. The summed E-state index contributed by atoms with van der Waals surface area (Å²) in [6.45, 7) is 1.34. The first-order valence-corrected chi connectivity index (χ1v) is 19.0. The summed E-state index contributed by atoms with van der Waals surface area (Å²) in [6.07, 6.45) is -0.394. The molecule has 4 aromatic carbocycles. The van der Waals surface area contributed by atoms with Gasteiger partial charge in [0, 0.05) is 26.3 Å². The molecule has 0 saturated carbocycles. The number of amides is 3. The molecule has 10 N–H and O–H groups in total. The molecule has 54 heavy (non-hydrogen) atoms. The molecule has 0 aliphatic carbocycles. The molecule has 3 amide bonds. The van der Waals surface area contributed by atoms with E-state index in [1.54, 1.807) is 48.5 Å². The second-order valence-electron chi connectivity index (χ2n) is 13.1. The van der Waals surface area contributed by atoms with E-state index in [9.17, 15) is 32.7 Å². The minimum Gasteiger partial charge on any atom is -0.508 e. The van der Waals surface area contributed by atoms with Gasteiger partial charge in [-0.2, -0.15) is 0 Å². The second kappa shape index (κ2) is 19.3. The lowest BCUT2D eigenvalue weighted by Gasteiger charge is -2.26. The first-order valence-electron chi connectivity index (χ1n) is 17.5. The number of hydrogen-bond acceptors (Lipinski definition) is 8. The van der Waals surface area contributed by atoms with Gasteiger partial charge in [0.2, 0.25) is 27.7 Å². The summed E-state index contributed by atoms with van der Waals surface area (Å²) in [5, 5.41) is 15.6. The fraction of sp³-hybridized carbons (Fsp3) is 0.308. The van der Waals surface area contributed by atoms with E-state index in [1.165, 1.54) is 19.1 Å². The standard InChI is InChI=1S/C39H47N7O7S/c1-25(47)44-35(22-27-14-17-31(48)18-15-27)38(51)45-33(21-26-8-3-2-4-9-26)36(49)24-32(12-7-19-43-39(41)42)54(52,53)46-34(37(40)50)23-28-13-16-29-10-5-6-11-30(29)20-28/h2-6,8-11,13-18,20,32-35,46,48H,7,12,19,21-24H2,1H3,(H2,40,50)(H,44,47)(H,45,51)(H4,41,42,43)/t32-,33-,34+,35+/m1/s1. The number of aromatic hydroxyl groups is 1. The normalized spacial score (nSPS) is 13.6. The molecular formula is C39H47N7O7S. The van der Waals surface area contributed by atoms with Gasteiger partial charge < -0.3 is 32.9 Å². The maximum atomic E-state index is 14.2. The number of nitrogens with zero attached hydrogens (tertiary/aromatic N) is 1. The van der Waals surface area contributed by atoms with Crippen LogP contribution < -0.4 is 32.6 Å². The molecule has 15 heteroatoms. The van der Waals surface area contributed by atoms with Crippen LogP contribution in [0.3, 0.4) is 0 Å². The average molecular weight is 758 g/mol. The van der Waals surface area contributed by atoms with E-state index < -0.39 is 63.3 Å². The summed E-state index contributed by atoms with van der Waals surface area (Å²) in [5.74, 6) is -2.79. The number of guanidine groups is 1. The zero-order chi connectivity index (χ0) is 39.3. The van der Waals surface area contributed by atoms with Gasteiger partial charge >= 0.3 is 0 Å². The molecule has 0 bridgehead atoms. The number of aliphatic imine (C=N–C) groups is 1. The molecule has 4 rings (SSSR count). The average Bonchev–Trinajstić information content (AvgIpc) is 3.12. The Morgan fingerprint density at radius 2 is 1.31 bits per heavy atom. The molecule has 0 heterocycles. The van der Waals surface area contributed by atoms with Crippen LogP contribution in [0.1, 0.15) is 42.9 Å². The Kier molecular flexibility index (Phi) is 14.7. The van der Waals surface area contributed by atoms with Crippen molar-refractivity contribution in [2.24, 2.45) is 22.2 Å². The van der Waals surface area contributed by atoms with Gasteiger partial charge in [-0.15, -0.1) is 0 Å². The highest BCUT2D eigenvalue weighted by Gasteiger charge is 2.35. The van der Waals surface area contributed by atoms with E-state index in [0.29, 0.717) is 16.7 Å². The predicted octanol–water partition coefficient (Wildman–Crippen LogP) is 1.72. The maximum absolute atomic E-state index is 14.2. The zero-order valence-electron chi connectivity index (χ0n) is 30.0. The molecule has 0 saturated heterocycles. The SMILES string of the molecule is CC(=O)N[C@@H](Cc1ccc(O)cc1)C(=O)N[C@H](Cc1ccccc1)C(=O)C[C@@H](CCCN=C(N)N)S(=O)(=O)N[C@@H](Cc1ccc2ccccc2c1)C(N)=O. The van der Waals surface area contributed by atoms with Crippen LogP contribution in [0.4, 0.5) is 0 Å². The minimum absolute atomic E-state index is 0.0253. The second-order valence-corrected chi connectivity index (χ2v) is 15.1. The van der Waals surface area contributed by atoms with Crippen LogP contribution in [-0.2, 0) is 48.5 Å². The van der Waals surface area contributed by atoms with Gasteiger partial charge in [0.15, 0.2) is 11.7 Å². The van der Waals surface area contributed by atoms with E-state index in [0.717, 1.165) is 10.8 Å². The molecule has 0 aliphatic rings. The third-order valence-electron chi connectivity index (χ3n) is 8.81. The van der Waals surface area contributed by atoms with E-state index in [-0.39, 0.29) is 50.4 Å². The summed E-state index contributed by atoms with van der Waals surface area (Å²) in [6, 6.07) is 24.5. The number of Topliss-reactive ketones (excluding diaryl/α,β-unsaturated/α-hetero) is 1. The molecule has 4 aromatic rings. The lowest BCUT2D eigenvalue weighted by molar-refractivity contribution is -0.131. The zero-order valence-corrected chi connectivity index (χ0v) is 30.8. The van der Waals surface area contributed by atoms with Crippen LogP contribution in [-0.4, -0.2) is 72.9 Å². The van der Waals surface area contributed by atoms with Gasteiger partial charge in [0.25, 0.3) is 0 Å². The Morgan fingerprint density at radius 1 is 0.722 bits per heavy atom. The molecule has 286 valence electrons. The number of carbonyl (C=O) groups is 4. The molecule has 0 spiro atoms. The number of carbonyl (C=O) groups excluding carboxylic acids is 4. The van der Waals surface area contributed by atoms with Gasteiger partial charge in [-0.05, 0) is 65.3 Å². The molecule has 14 nitrogen and oxygen atoms in total. The summed E-state index contributed by atoms with van der Waals surface area (Å²) in [4.78, 5) is 56.6. The van der Waals surface area contributed by atoms with Gasteiger partial charge in [-0.1, -0.05) is 84.9 Å². The number of rotatable bonds is 20. The largest absolute Gasteiger partial charge is 0.508 e. The van der Waals surface area contributed by atoms with Gasteiger partial charge in [0.05, 0.1) is 11.3 Å². The number of nitrogens with two attached hydrogens (primary N) is 3. The van der Waals surface area contributed by atoms with Crippen LogP contribution in [0.2, 0.25) is 0 Å². The van der Waals surface area contributed by atoms with Crippen molar-refractivity contribution in [3.05, 3.63) is 114 Å². The third-order valence-corrected chi connectivity index (χ3v) is 10.7. The fourth-order valence-electron chi connectivity index (χ4n) is 6.05. The van der Waals surface area contributed by atoms with Crippen LogP contribution in [0.5, 0.6) is 5.75 Å². The lowest BCUT2D eigenvalue weighted by Crippen LogP contribution is -2.54. The number of phenols is 1. The molecule has 4 atom stereocenters. The van der Waals surface area contributed by atoms with E-state index in [1.807, 2.05) is 36.4 Å². The fourth-order valence-corrected chi connectivity index (χ4v) is 7.70. The topological polar surface area (TPSA) is 249 Å². The maximum Gasteiger partial charge on any atom is 0.243 e. The highest BCUT2D eigenvalue weighted by atomic mass is 32.2. The summed E-state index contributed by atoms with van der Waals surface area (Å²) in [7, 11) is -4.41. The van der Waals surface area contributed by atoms with Crippen molar-refractivity contribution < 1.29 is 32.7 Å². The summed E-state index contributed by atoms with van der Waals surface area (Å²) in [5.41, 5.74) is 18.6. The number of sulfonamides is 1. The number of hydrogen-bond donors (Lipinski definition) is 7. The van der Waals surface area contributed by atoms with E-state index in [4.69, 9.17) is 17.2 Å². The van der Waals surface area contributed by atoms with Gasteiger partial charge in [-0.25, -0.2) is 13.1 Å². The van der Waals surface area contributed by atoms with E-state index >= 15 is 0 Å². The first-order chi connectivity index (χ1) is 25.7. The monoisotopic (exact) mass is 757 g/mol. The van der Waals surface area contributed by atoms with Crippen LogP contribution in [0, 0.1) is 0 Å². The van der Waals surface area contributed by atoms with Crippen molar-refractivity contribution >= 4 is 50.3 Å². The third kappa shape index (κ3) is 12.7. The van der Waals surface area contributed by atoms with Gasteiger partial charge in [0.1, 0.15) is 17.8 Å².